The summed E-state index contributed by atoms with van der Waals surface area (Å²) in [7, 11) is 0. The first kappa shape index (κ1) is 27.6. The summed E-state index contributed by atoms with van der Waals surface area (Å²) in [5, 5.41) is 53.0. The van der Waals surface area contributed by atoms with Crippen LogP contribution in [0, 0.1) is 0 Å². The van der Waals surface area contributed by atoms with Crippen molar-refractivity contribution in [1.29, 1.82) is 0 Å². The lowest BCUT2D eigenvalue weighted by Crippen LogP contribution is -2.49. The zero-order valence-electron chi connectivity index (χ0n) is 18.5. The van der Waals surface area contributed by atoms with E-state index in [1.54, 1.807) is 0 Å². The number of unbranched alkanes of at least 4 members (excludes halogenated alkanes) is 1. The summed E-state index contributed by atoms with van der Waals surface area (Å²) < 4.78 is 5.48. The van der Waals surface area contributed by atoms with Gasteiger partial charge in [0.05, 0.1) is 6.61 Å². The van der Waals surface area contributed by atoms with Crippen LogP contribution < -0.4 is 10.6 Å². The van der Waals surface area contributed by atoms with Gasteiger partial charge in [-0.3, -0.25) is 10.1 Å². The minimum atomic E-state index is -1.71. The van der Waals surface area contributed by atoms with E-state index in [4.69, 9.17) is 9.84 Å². The Morgan fingerprint density at radius 3 is 2.14 bits per heavy atom. The Labute approximate surface area is 173 Å². The number of hydrogen-bond acceptors (Lipinski definition) is 9. The number of ether oxygens (including phenoxy) is 1. The largest absolute Gasteiger partial charge is 0.508 e. The number of esters is 1. The zero-order valence-corrected chi connectivity index (χ0v) is 18.5. The topological polar surface area (TPSA) is 152 Å². The summed E-state index contributed by atoms with van der Waals surface area (Å²) in [5.74, 6) is -0.844. The minimum Gasteiger partial charge on any atom is -0.508 e. The Bertz CT molecular complexity index is 512. The van der Waals surface area contributed by atoms with E-state index in [0.29, 0.717) is 25.8 Å². The maximum absolute atomic E-state index is 12.4. The molecule has 0 aliphatic carbocycles. The lowest BCUT2D eigenvalue weighted by atomic mass is 10.0. The Morgan fingerprint density at radius 2 is 1.66 bits per heavy atom. The first-order valence-electron chi connectivity index (χ1n) is 9.96. The summed E-state index contributed by atoms with van der Waals surface area (Å²) >= 11 is 0. The predicted molar refractivity (Wildman–Crippen MR) is 110 cm³/mol. The number of nitrogens with one attached hydrogen (secondary N) is 2. The third-order valence-electron chi connectivity index (χ3n) is 3.82. The maximum atomic E-state index is 12.4. The summed E-state index contributed by atoms with van der Waals surface area (Å²) in [6.45, 7) is 11.1. The molecule has 0 saturated carbocycles. The van der Waals surface area contributed by atoms with Gasteiger partial charge >= 0.3 is 5.97 Å². The van der Waals surface area contributed by atoms with Crippen LogP contribution in [0.15, 0.2) is 12.0 Å². The molecular formula is C20H40N2O7. The van der Waals surface area contributed by atoms with Crippen molar-refractivity contribution in [2.75, 3.05) is 13.2 Å². The fourth-order valence-corrected chi connectivity index (χ4v) is 2.48. The molecule has 0 radical (unpaired) electrons. The van der Waals surface area contributed by atoms with E-state index in [0.717, 1.165) is 6.20 Å². The van der Waals surface area contributed by atoms with Crippen LogP contribution >= 0.6 is 0 Å². The zero-order chi connectivity index (χ0) is 22.8. The molecule has 4 atom stereocenters. The quantitative estimate of drug-likeness (QED) is 0.134. The highest BCUT2D eigenvalue weighted by Crippen LogP contribution is 2.14. The van der Waals surface area contributed by atoms with Crippen LogP contribution in [-0.4, -0.2) is 80.1 Å². The smallest absolute Gasteiger partial charge is 0.323 e. The molecule has 9 heteroatoms. The van der Waals surface area contributed by atoms with Crippen LogP contribution in [0.1, 0.15) is 60.8 Å². The normalized spacial score (nSPS) is 17.4. The fraction of sp³-hybridized carbons (Fsp3) is 0.850. The van der Waals surface area contributed by atoms with Crippen molar-refractivity contribution < 1.29 is 35.1 Å². The van der Waals surface area contributed by atoms with Gasteiger partial charge in [0.2, 0.25) is 0 Å². The van der Waals surface area contributed by atoms with E-state index in [1.165, 1.54) is 0 Å². The third kappa shape index (κ3) is 12.7. The number of carbonyl (C=O) groups excluding carboxylic acids is 1. The van der Waals surface area contributed by atoms with E-state index in [2.05, 4.69) is 10.6 Å². The second kappa shape index (κ2) is 12.3. The molecule has 7 N–H and O–H groups in total. The maximum Gasteiger partial charge on any atom is 0.323 e. The highest BCUT2D eigenvalue weighted by atomic mass is 16.6. The van der Waals surface area contributed by atoms with Crippen LogP contribution in [0.2, 0.25) is 0 Å². The van der Waals surface area contributed by atoms with Gasteiger partial charge in [0.25, 0.3) is 0 Å². The lowest BCUT2D eigenvalue weighted by molar-refractivity contribution is -0.158. The van der Waals surface area contributed by atoms with Crippen molar-refractivity contribution in [1.82, 2.24) is 10.6 Å². The van der Waals surface area contributed by atoms with Crippen molar-refractivity contribution in [3.8, 4) is 0 Å². The van der Waals surface area contributed by atoms with Gasteiger partial charge in [-0.05, 0) is 60.8 Å². The Balaban J connectivity index is 4.49. The van der Waals surface area contributed by atoms with Gasteiger partial charge in [-0.1, -0.05) is 0 Å². The third-order valence-corrected chi connectivity index (χ3v) is 3.82. The molecule has 172 valence electrons. The summed E-state index contributed by atoms with van der Waals surface area (Å²) in [4.78, 5) is 12.4. The first-order chi connectivity index (χ1) is 13.2. The summed E-state index contributed by atoms with van der Waals surface area (Å²) in [6, 6.07) is -0.435. The van der Waals surface area contributed by atoms with Gasteiger partial charge < -0.3 is 35.6 Å². The molecule has 0 aromatic heterocycles. The molecule has 0 saturated heterocycles. The molecule has 0 amide bonds. The Hall–Kier alpha value is -1.39. The number of carbonyl (C=O) groups is 1. The summed E-state index contributed by atoms with van der Waals surface area (Å²) in [5.41, 5.74) is -0.807. The molecule has 0 fully saturated rings. The minimum absolute atomic E-state index is 0.246. The second-order valence-corrected chi connectivity index (χ2v) is 9.18. The van der Waals surface area contributed by atoms with E-state index in [9.17, 15) is 25.2 Å². The van der Waals surface area contributed by atoms with Gasteiger partial charge in [-0.25, -0.2) is 0 Å². The van der Waals surface area contributed by atoms with Crippen LogP contribution in [0.3, 0.4) is 0 Å². The molecule has 0 aromatic rings. The SMILES string of the molecule is CC(C)(C)NC(CCCCN/C=C(\O)C(O)C(O)C(O)CO)C(=O)OC(C)(C)C. The molecule has 9 nitrogen and oxygen atoms in total. The van der Waals surface area contributed by atoms with Gasteiger partial charge in [-0.15, -0.1) is 0 Å². The number of aliphatic hydroxyl groups excluding tert-OH is 5. The Morgan fingerprint density at radius 1 is 1.07 bits per heavy atom. The molecular weight excluding hydrogens is 380 g/mol. The van der Waals surface area contributed by atoms with Crippen LogP contribution in [-0.2, 0) is 9.53 Å². The van der Waals surface area contributed by atoms with Gasteiger partial charge in [0.15, 0.2) is 0 Å². The Kier molecular flexibility index (Phi) is 11.7. The second-order valence-electron chi connectivity index (χ2n) is 9.18. The van der Waals surface area contributed by atoms with Gasteiger partial charge in [0.1, 0.15) is 35.7 Å². The van der Waals surface area contributed by atoms with Crippen LogP contribution in [0.5, 0.6) is 0 Å². The molecule has 0 aromatic carbocycles. The number of aliphatic hydroxyl groups is 5. The van der Waals surface area contributed by atoms with E-state index in [-0.39, 0.29) is 11.5 Å². The number of hydrogen-bond donors (Lipinski definition) is 7. The molecule has 0 spiro atoms. The van der Waals surface area contributed by atoms with Crippen LogP contribution in [0.25, 0.3) is 0 Å². The summed E-state index contributed by atoms with van der Waals surface area (Å²) in [6.07, 6.45) is -1.85. The van der Waals surface area contributed by atoms with Crippen LogP contribution in [0.4, 0.5) is 0 Å². The monoisotopic (exact) mass is 420 g/mol. The number of rotatable bonds is 12. The highest BCUT2D eigenvalue weighted by Gasteiger charge is 2.28. The molecule has 0 aliphatic heterocycles. The molecule has 0 rings (SSSR count). The standard InChI is InChI=1S/C20H40N2O7/c1-19(2,3)22-13(18(28)29-20(4,5)6)9-7-8-10-21-11-14(24)16(26)17(27)15(25)12-23/h11,13,15-17,21-27H,7-10,12H2,1-6H3/b14-11-. The van der Waals surface area contributed by atoms with Crippen molar-refractivity contribution in [3.05, 3.63) is 12.0 Å². The predicted octanol–water partition coefficient (Wildman–Crippen LogP) is 0.319. The average Bonchev–Trinajstić information content (AvgIpc) is 2.58. The van der Waals surface area contributed by atoms with Gasteiger partial charge in [-0.2, -0.15) is 0 Å². The van der Waals surface area contributed by atoms with Crippen molar-refractivity contribution in [3.63, 3.8) is 0 Å². The molecule has 4 unspecified atom stereocenters. The molecule has 0 heterocycles. The lowest BCUT2D eigenvalue weighted by Gasteiger charge is -2.30. The van der Waals surface area contributed by atoms with Crippen molar-refractivity contribution in [2.45, 2.75) is 96.3 Å². The average molecular weight is 421 g/mol. The van der Waals surface area contributed by atoms with Crippen molar-refractivity contribution >= 4 is 5.97 Å². The van der Waals surface area contributed by atoms with Gasteiger partial charge in [0, 0.05) is 18.3 Å². The highest BCUT2D eigenvalue weighted by molar-refractivity contribution is 5.76. The molecule has 0 bridgehead atoms. The van der Waals surface area contributed by atoms with E-state index < -0.39 is 42.3 Å². The fourth-order valence-electron chi connectivity index (χ4n) is 2.48. The van der Waals surface area contributed by atoms with Crippen molar-refractivity contribution in [2.24, 2.45) is 0 Å². The molecule has 0 aliphatic rings. The van der Waals surface area contributed by atoms with E-state index in [1.807, 2.05) is 41.5 Å². The molecule has 29 heavy (non-hydrogen) atoms. The first-order valence-corrected chi connectivity index (χ1v) is 9.96. The van der Waals surface area contributed by atoms with E-state index >= 15 is 0 Å².